The molecular weight excluding hydrogens is 222 g/mol. The third-order valence-corrected chi connectivity index (χ3v) is 3.50. The van der Waals surface area contributed by atoms with E-state index in [1.165, 1.54) is 30.4 Å². The highest BCUT2D eigenvalue weighted by atomic mass is 15.0. The number of hydrogen-bond donors (Lipinski definition) is 2. The molecule has 3 nitrogen and oxygen atoms in total. The molecule has 92 valence electrons. The fourth-order valence-corrected chi connectivity index (χ4v) is 2.44. The molecule has 3 N–H and O–H groups in total. The van der Waals surface area contributed by atoms with Gasteiger partial charge in [-0.2, -0.15) is 0 Å². The molecule has 3 heteroatoms. The number of nitrogen functional groups attached to an aromatic ring is 1. The van der Waals surface area contributed by atoms with E-state index in [4.69, 9.17) is 5.73 Å². The van der Waals surface area contributed by atoms with E-state index in [9.17, 15) is 0 Å². The van der Waals surface area contributed by atoms with E-state index in [1.807, 2.05) is 19.1 Å². The molecule has 1 aliphatic rings. The van der Waals surface area contributed by atoms with Crippen molar-refractivity contribution in [1.29, 1.82) is 0 Å². The molecule has 0 amide bonds. The van der Waals surface area contributed by atoms with Crippen LogP contribution in [0.5, 0.6) is 0 Å². The van der Waals surface area contributed by atoms with Gasteiger partial charge in [0.15, 0.2) is 0 Å². The first-order valence-electron chi connectivity index (χ1n) is 6.34. The lowest BCUT2D eigenvalue weighted by Crippen LogP contribution is -1.98. The van der Waals surface area contributed by atoms with Crippen LogP contribution in [-0.2, 0) is 12.8 Å². The maximum atomic E-state index is 5.77. The monoisotopic (exact) mass is 239 g/mol. The predicted octanol–water partition coefficient (Wildman–Crippen LogP) is 3.20. The fraction of sp³-hybridized carbons (Fsp3) is 0.267. The molecule has 0 atom stereocenters. The maximum Gasteiger partial charge on any atom is 0.130 e. The SMILES string of the molecule is Cc1nc(Nc2ccc3c(c2)CCC3)ccc1N. The average molecular weight is 239 g/mol. The Morgan fingerprint density at radius 3 is 2.78 bits per heavy atom. The molecule has 1 aliphatic carbocycles. The Hall–Kier alpha value is -2.03. The average Bonchev–Trinajstić information content (AvgIpc) is 2.81. The molecule has 0 saturated heterocycles. The third-order valence-electron chi connectivity index (χ3n) is 3.50. The summed E-state index contributed by atoms with van der Waals surface area (Å²) in [5.41, 5.74) is 11.4. The highest BCUT2D eigenvalue weighted by Gasteiger charge is 2.10. The summed E-state index contributed by atoms with van der Waals surface area (Å²) in [4.78, 5) is 4.43. The third kappa shape index (κ3) is 2.04. The van der Waals surface area contributed by atoms with Gasteiger partial charge in [0.25, 0.3) is 0 Å². The van der Waals surface area contributed by atoms with Crippen molar-refractivity contribution in [2.24, 2.45) is 0 Å². The number of benzene rings is 1. The number of aromatic nitrogens is 1. The number of nitrogens with zero attached hydrogens (tertiary/aromatic N) is 1. The molecule has 0 saturated carbocycles. The van der Waals surface area contributed by atoms with Crippen LogP contribution < -0.4 is 11.1 Å². The summed E-state index contributed by atoms with van der Waals surface area (Å²) in [5.74, 6) is 0.847. The number of anilines is 3. The van der Waals surface area contributed by atoms with Gasteiger partial charge in [0.1, 0.15) is 5.82 Å². The van der Waals surface area contributed by atoms with Crippen molar-refractivity contribution < 1.29 is 0 Å². The van der Waals surface area contributed by atoms with Crippen molar-refractivity contribution in [3.8, 4) is 0 Å². The molecule has 18 heavy (non-hydrogen) atoms. The Bertz CT molecular complexity index is 590. The van der Waals surface area contributed by atoms with Crippen molar-refractivity contribution in [2.75, 3.05) is 11.1 Å². The number of nitrogens with two attached hydrogens (primary N) is 1. The summed E-state index contributed by atoms with van der Waals surface area (Å²) in [5, 5.41) is 3.34. The molecule has 1 aromatic carbocycles. The standard InChI is InChI=1S/C15H17N3/c1-10-14(16)7-8-15(17-10)18-13-6-5-11-3-2-4-12(11)9-13/h5-9H,2-4,16H2,1H3,(H,17,18). The van der Waals surface area contributed by atoms with E-state index in [0.717, 1.165) is 22.9 Å². The van der Waals surface area contributed by atoms with Crippen LogP contribution in [0.3, 0.4) is 0 Å². The molecule has 0 bridgehead atoms. The summed E-state index contributed by atoms with van der Waals surface area (Å²) in [6.45, 7) is 1.92. The first kappa shape index (κ1) is 11.1. The van der Waals surface area contributed by atoms with Crippen molar-refractivity contribution in [1.82, 2.24) is 4.98 Å². The molecule has 1 heterocycles. The van der Waals surface area contributed by atoms with E-state index in [2.05, 4.69) is 28.5 Å². The number of aryl methyl sites for hydroxylation is 3. The quantitative estimate of drug-likeness (QED) is 0.846. The van der Waals surface area contributed by atoms with E-state index in [0.29, 0.717) is 0 Å². The molecule has 0 unspecified atom stereocenters. The second-order valence-corrected chi connectivity index (χ2v) is 4.83. The van der Waals surface area contributed by atoms with Gasteiger partial charge in [0, 0.05) is 5.69 Å². The number of fused-ring (bicyclic) bond motifs is 1. The lowest BCUT2D eigenvalue weighted by Gasteiger charge is -2.09. The van der Waals surface area contributed by atoms with Crippen molar-refractivity contribution in [3.63, 3.8) is 0 Å². The molecule has 0 aliphatic heterocycles. The normalized spacial score (nSPS) is 13.4. The minimum absolute atomic E-state index is 0.731. The van der Waals surface area contributed by atoms with Gasteiger partial charge in [0.2, 0.25) is 0 Å². The second-order valence-electron chi connectivity index (χ2n) is 4.83. The molecular formula is C15H17N3. The largest absolute Gasteiger partial charge is 0.397 e. The van der Waals surface area contributed by atoms with Crippen LogP contribution >= 0.6 is 0 Å². The van der Waals surface area contributed by atoms with Gasteiger partial charge in [-0.25, -0.2) is 4.98 Å². The van der Waals surface area contributed by atoms with Gasteiger partial charge in [0.05, 0.1) is 11.4 Å². The Balaban J connectivity index is 1.85. The number of pyridine rings is 1. The van der Waals surface area contributed by atoms with Crippen molar-refractivity contribution in [3.05, 3.63) is 47.2 Å². The Labute approximate surface area is 107 Å². The van der Waals surface area contributed by atoms with Crippen LogP contribution in [0.25, 0.3) is 0 Å². The van der Waals surface area contributed by atoms with Crippen molar-refractivity contribution >= 4 is 17.2 Å². The minimum atomic E-state index is 0.731. The summed E-state index contributed by atoms with van der Waals surface area (Å²) in [6, 6.07) is 10.4. The highest BCUT2D eigenvalue weighted by Crippen LogP contribution is 2.26. The highest BCUT2D eigenvalue weighted by molar-refractivity contribution is 5.60. The van der Waals surface area contributed by atoms with Gasteiger partial charge in [-0.05, 0) is 61.6 Å². The van der Waals surface area contributed by atoms with E-state index < -0.39 is 0 Å². The van der Waals surface area contributed by atoms with E-state index >= 15 is 0 Å². The Morgan fingerprint density at radius 2 is 1.94 bits per heavy atom. The van der Waals surface area contributed by atoms with Crippen LogP contribution in [-0.4, -0.2) is 4.98 Å². The number of rotatable bonds is 2. The van der Waals surface area contributed by atoms with E-state index in [1.54, 1.807) is 0 Å². The summed E-state index contributed by atoms with van der Waals surface area (Å²) in [6.07, 6.45) is 3.69. The number of hydrogen-bond acceptors (Lipinski definition) is 3. The smallest absolute Gasteiger partial charge is 0.130 e. The first-order chi connectivity index (χ1) is 8.72. The molecule has 2 aromatic rings. The summed E-state index contributed by atoms with van der Waals surface area (Å²) < 4.78 is 0. The Morgan fingerprint density at radius 1 is 1.11 bits per heavy atom. The summed E-state index contributed by atoms with van der Waals surface area (Å²) >= 11 is 0. The number of nitrogens with one attached hydrogen (secondary N) is 1. The van der Waals surface area contributed by atoms with E-state index in [-0.39, 0.29) is 0 Å². The van der Waals surface area contributed by atoms with Crippen LogP contribution in [0.4, 0.5) is 17.2 Å². The van der Waals surface area contributed by atoms with Crippen LogP contribution in [0.2, 0.25) is 0 Å². The lowest BCUT2D eigenvalue weighted by atomic mass is 10.1. The van der Waals surface area contributed by atoms with Crippen molar-refractivity contribution in [2.45, 2.75) is 26.2 Å². The zero-order valence-electron chi connectivity index (χ0n) is 10.5. The maximum absolute atomic E-state index is 5.77. The predicted molar refractivity (Wildman–Crippen MR) is 75.1 cm³/mol. The van der Waals surface area contributed by atoms with Gasteiger partial charge >= 0.3 is 0 Å². The molecule has 0 fully saturated rings. The summed E-state index contributed by atoms with van der Waals surface area (Å²) in [7, 11) is 0. The zero-order chi connectivity index (χ0) is 12.5. The second kappa shape index (κ2) is 4.33. The fourth-order valence-electron chi connectivity index (χ4n) is 2.44. The van der Waals surface area contributed by atoms with Gasteiger partial charge in [-0.3, -0.25) is 0 Å². The first-order valence-corrected chi connectivity index (χ1v) is 6.34. The molecule has 0 spiro atoms. The minimum Gasteiger partial charge on any atom is -0.397 e. The molecule has 1 aromatic heterocycles. The molecule has 3 rings (SSSR count). The van der Waals surface area contributed by atoms with Gasteiger partial charge in [-0.15, -0.1) is 0 Å². The topological polar surface area (TPSA) is 50.9 Å². The zero-order valence-corrected chi connectivity index (χ0v) is 10.5. The lowest BCUT2D eigenvalue weighted by molar-refractivity contribution is 0.912. The molecule has 0 radical (unpaired) electrons. The Kier molecular flexibility index (Phi) is 2.67. The van der Waals surface area contributed by atoms with Crippen LogP contribution in [0.15, 0.2) is 30.3 Å². The van der Waals surface area contributed by atoms with Gasteiger partial charge < -0.3 is 11.1 Å². The van der Waals surface area contributed by atoms with Crippen LogP contribution in [0.1, 0.15) is 23.2 Å². The van der Waals surface area contributed by atoms with Gasteiger partial charge in [-0.1, -0.05) is 6.07 Å². The van der Waals surface area contributed by atoms with Crippen LogP contribution in [0, 0.1) is 6.92 Å².